The standard InChI is InChI=1S/C30H30I2/c1-19-7-11-25(12-8-19)31-29-17-15-27(21(3)23(29)5)28-16-18-30(24(6)22(28)4)32-26-13-9-20(2)10-14-26/h7-18H,1-6H3/q-2. The number of hydrogen-bond acceptors (Lipinski definition) is 0. The van der Waals surface area contributed by atoms with Crippen molar-refractivity contribution >= 4 is 0 Å². The number of rotatable bonds is 5. The minimum atomic E-state index is -0.152. The van der Waals surface area contributed by atoms with Crippen LogP contribution in [0.5, 0.6) is 0 Å². The molecule has 0 saturated carbocycles. The van der Waals surface area contributed by atoms with Crippen LogP contribution in [0.1, 0.15) is 33.4 Å². The predicted octanol–water partition coefficient (Wildman–Crippen LogP) is 1.46. The first-order valence-electron chi connectivity index (χ1n) is 11.0. The molecule has 0 aliphatic rings. The molecular formula is C30H30I2-2. The van der Waals surface area contributed by atoms with Crippen molar-refractivity contribution in [2.45, 2.75) is 41.5 Å². The summed E-state index contributed by atoms with van der Waals surface area (Å²) in [6, 6.07) is 27.6. The molecule has 0 amide bonds. The molecule has 0 aromatic heterocycles. The van der Waals surface area contributed by atoms with Gasteiger partial charge in [0.1, 0.15) is 0 Å². The average molecular weight is 644 g/mol. The summed E-state index contributed by atoms with van der Waals surface area (Å²) in [7, 11) is 0. The molecule has 0 aliphatic carbocycles. The zero-order valence-corrected chi connectivity index (χ0v) is 24.0. The van der Waals surface area contributed by atoms with Gasteiger partial charge in [-0.25, -0.2) is 0 Å². The van der Waals surface area contributed by atoms with Crippen molar-refractivity contribution in [3.8, 4) is 11.1 Å². The van der Waals surface area contributed by atoms with E-state index in [0.717, 1.165) is 0 Å². The molecule has 4 aromatic carbocycles. The van der Waals surface area contributed by atoms with Crippen LogP contribution in [-0.2, 0) is 0 Å². The fraction of sp³-hybridized carbons (Fsp3) is 0.200. The van der Waals surface area contributed by atoms with E-state index in [1.807, 2.05) is 0 Å². The van der Waals surface area contributed by atoms with E-state index < -0.39 is 0 Å². The monoisotopic (exact) mass is 644 g/mol. The fourth-order valence-electron chi connectivity index (χ4n) is 3.79. The van der Waals surface area contributed by atoms with Gasteiger partial charge in [-0.3, -0.25) is 0 Å². The molecule has 0 spiro atoms. The first kappa shape index (κ1) is 23.5. The molecule has 0 N–H and O–H groups in total. The van der Waals surface area contributed by atoms with Crippen LogP contribution in [0.3, 0.4) is 0 Å². The van der Waals surface area contributed by atoms with Crippen molar-refractivity contribution in [1.82, 2.24) is 0 Å². The van der Waals surface area contributed by atoms with Gasteiger partial charge in [0.2, 0.25) is 0 Å². The molecule has 166 valence electrons. The molecule has 2 heteroatoms. The Kier molecular flexibility index (Phi) is 7.40. The Morgan fingerprint density at radius 1 is 0.375 bits per heavy atom. The van der Waals surface area contributed by atoms with Gasteiger partial charge in [-0.2, -0.15) is 0 Å². The third-order valence-electron chi connectivity index (χ3n) is 6.18. The Balaban J connectivity index is 1.64. The van der Waals surface area contributed by atoms with E-state index in [1.54, 1.807) is 0 Å². The third kappa shape index (κ3) is 5.12. The first-order chi connectivity index (χ1) is 15.3. The number of halogens is 2. The van der Waals surface area contributed by atoms with E-state index in [9.17, 15) is 0 Å². The van der Waals surface area contributed by atoms with Gasteiger partial charge in [0.15, 0.2) is 0 Å². The van der Waals surface area contributed by atoms with Gasteiger partial charge in [-0.1, -0.05) is 0 Å². The van der Waals surface area contributed by atoms with Crippen molar-refractivity contribution in [2.75, 3.05) is 0 Å². The van der Waals surface area contributed by atoms with Crippen molar-refractivity contribution in [2.24, 2.45) is 0 Å². The third-order valence-corrected chi connectivity index (χ3v) is 12.4. The van der Waals surface area contributed by atoms with Crippen LogP contribution in [0, 0.1) is 55.8 Å². The van der Waals surface area contributed by atoms with Crippen molar-refractivity contribution < 1.29 is 42.4 Å². The van der Waals surface area contributed by atoms with Gasteiger partial charge in [0.25, 0.3) is 0 Å². The predicted molar refractivity (Wildman–Crippen MR) is 128 cm³/mol. The maximum absolute atomic E-state index is 2.38. The van der Waals surface area contributed by atoms with E-state index >= 15 is 0 Å². The molecule has 0 fully saturated rings. The summed E-state index contributed by atoms with van der Waals surface area (Å²) in [4.78, 5) is 0. The topological polar surface area (TPSA) is 0 Å². The summed E-state index contributed by atoms with van der Waals surface area (Å²) >= 11 is -0.304. The summed E-state index contributed by atoms with van der Waals surface area (Å²) in [6.07, 6.45) is 0. The summed E-state index contributed by atoms with van der Waals surface area (Å²) in [6.45, 7) is 13.5. The second kappa shape index (κ2) is 10.1. The van der Waals surface area contributed by atoms with Crippen LogP contribution < -0.4 is 42.4 Å². The summed E-state index contributed by atoms with van der Waals surface area (Å²) in [5.74, 6) is 0. The molecule has 32 heavy (non-hydrogen) atoms. The summed E-state index contributed by atoms with van der Waals surface area (Å²) < 4.78 is 6.04. The van der Waals surface area contributed by atoms with Crippen molar-refractivity contribution in [1.29, 1.82) is 0 Å². The molecule has 0 atom stereocenters. The van der Waals surface area contributed by atoms with Crippen molar-refractivity contribution in [3.63, 3.8) is 0 Å². The minimum absolute atomic E-state index is 0.152. The van der Waals surface area contributed by atoms with Crippen LogP contribution in [0.25, 0.3) is 11.1 Å². The molecule has 0 bridgehead atoms. The summed E-state index contributed by atoms with van der Waals surface area (Å²) in [5.41, 5.74) is 11.2. The zero-order valence-electron chi connectivity index (χ0n) is 19.7. The Hall–Kier alpha value is -1.66. The van der Waals surface area contributed by atoms with Crippen molar-refractivity contribution in [3.05, 3.63) is 120 Å². The van der Waals surface area contributed by atoms with Gasteiger partial charge >= 0.3 is 216 Å². The Bertz CT molecular complexity index is 1150. The molecule has 0 saturated heterocycles. The SMILES string of the molecule is Cc1ccc([I-]c2ccc(-c3ccc([I-]c4ccc(C)cc4)c(C)c3C)c(C)c2C)cc1. The van der Waals surface area contributed by atoms with Gasteiger partial charge in [-0.05, 0) is 0 Å². The zero-order chi connectivity index (χ0) is 22.8. The molecule has 0 nitrogen and oxygen atoms in total. The van der Waals surface area contributed by atoms with Gasteiger partial charge in [-0.15, -0.1) is 0 Å². The maximum atomic E-state index is 2.38. The number of hydrogen-bond donors (Lipinski definition) is 0. The van der Waals surface area contributed by atoms with Crippen LogP contribution >= 0.6 is 0 Å². The second-order valence-corrected chi connectivity index (χ2v) is 14.4. The Labute approximate surface area is 214 Å². The Morgan fingerprint density at radius 3 is 1.06 bits per heavy atom. The van der Waals surface area contributed by atoms with E-state index in [2.05, 4.69) is 114 Å². The van der Waals surface area contributed by atoms with Gasteiger partial charge < -0.3 is 0 Å². The van der Waals surface area contributed by atoms with E-state index in [0.29, 0.717) is 0 Å². The van der Waals surface area contributed by atoms with Gasteiger partial charge in [0, 0.05) is 0 Å². The molecule has 4 rings (SSSR count). The molecule has 0 aliphatic heterocycles. The first-order valence-corrected chi connectivity index (χ1v) is 15.3. The normalized spacial score (nSPS) is 11.3. The molecular weight excluding hydrogens is 614 g/mol. The quantitative estimate of drug-likeness (QED) is 0.289. The van der Waals surface area contributed by atoms with E-state index in [1.165, 1.54) is 58.8 Å². The van der Waals surface area contributed by atoms with Crippen LogP contribution in [-0.4, -0.2) is 0 Å². The van der Waals surface area contributed by atoms with Crippen LogP contribution in [0.15, 0.2) is 72.8 Å². The fourth-order valence-corrected chi connectivity index (χ4v) is 8.91. The second-order valence-electron chi connectivity index (χ2n) is 8.47. The summed E-state index contributed by atoms with van der Waals surface area (Å²) in [5, 5.41) is 0. The number of aryl methyl sites for hydroxylation is 2. The molecule has 0 heterocycles. The van der Waals surface area contributed by atoms with Crippen LogP contribution in [0.4, 0.5) is 0 Å². The molecule has 0 unspecified atom stereocenters. The molecule has 0 radical (unpaired) electrons. The van der Waals surface area contributed by atoms with Crippen LogP contribution in [0.2, 0.25) is 0 Å². The number of benzene rings is 4. The van der Waals surface area contributed by atoms with E-state index in [-0.39, 0.29) is 42.4 Å². The van der Waals surface area contributed by atoms with E-state index in [4.69, 9.17) is 0 Å². The molecule has 4 aromatic rings. The average Bonchev–Trinajstić information content (AvgIpc) is 2.78. The van der Waals surface area contributed by atoms with Gasteiger partial charge in [0.05, 0.1) is 0 Å². The Morgan fingerprint density at radius 2 is 0.719 bits per heavy atom.